The molecule has 1 atom stereocenters. The number of rotatable bonds is 3. The second-order valence-corrected chi connectivity index (χ2v) is 5.81. The number of phenolic OH excluding ortho intramolecular Hbond substituents is 1. The molecule has 1 heterocycles. The van der Waals surface area contributed by atoms with E-state index in [1.54, 1.807) is 6.07 Å². The average molecular weight is 331 g/mol. The topological polar surface area (TPSA) is 35.5 Å². The van der Waals surface area contributed by atoms with Crippen molar-refractivity contribution in [3.63, 3.8) is 0 Å². The minimum absolute atomic E-state index is 0.194. The largest absolute Gasteiger partial charge is 0.508 e. The van der Waals surface area contributed by atoms with Gasteiger partial charge in [0.2, 0.25) is 0 Å². The predicted molar refractivity (Wildman–Crippen MR) is 78.4 cm³/mol. The van der Waals surface area contributed by atoms with Crippen LogP contribution in [-0.4, -0.2) is 42.9 Å². The van der Waals surface area contributed by atoms with E-state index in [1.807, 2.05) is 13.8 Å². The number of nitrogens with one attached hydrogen (secondary N) is 1. The number of benzene rings is 1. The molecule has 0 amide bonds. The summed E-state index contributed by atoms with van der Waals surface area (Å²) in [6.07, 6.45) is 0. The zero-order valence-electron chi connectivity index (χ0n) is 11.3. The zero-order valence-corrected chi connectivity index (χ0v) is 12.9. The number of aryl methyl sites for hydroxylation is 1. The second-order valence-electron chi connectivity index (χ2n) is 5.02. The molecule has 1 aromatic carbocycles. The number of nitrogens with zero attached hydrogens (tertiary/aromatic N) is 1. The van der Waals surface area contributed by atoms with Gasteiger partial charge in [0.1, 0.15) is 12.4 Å². The van der Waals surface area contributed by atoms with Crippen LogP contribution in [0.3, 0.4) is 0 Å². The molecule has 0 radical (unpaired) electrons. The van der Waals surface area contributed by atoms with Crippen LogP contribution in [0.1, 0.15) is 22.7 Å². The molecule has 1 aliphatic heterocycles. The molecule has 5 heteroatoms. The van der Waals surface area contributed by atoms with E-state index in [4.69, 9.17) is 0 Å². The molecular formula is C14H20BrFN2O. The molecule has 2 N–H and O–H groups in total. The van der Waals surface area contributed by atoms with Crippen molar-refractivity contribution >= 4 is 15.9 Å². The maximum absolute atomic E-state index is 13.5. The Bertz CT molecular complexity index is 461. The third kappa shape index (κ3) is 2.93. The first-order valence-corrected chi connectivity index (χ1v) is 7.34. The maximum Gasteiger partial charge on any atom is 0.121 e. The summed E-state index contributed by atoms with van der Waals surface area (Å²) in [7, 11) is 0. The van der Waals surface area contributed by atoms with Gasteiger partial charge in [0.25, 0.3) is 0 Å². The minimum Gasteiger partial charge on any atom is -0.508 e. The number of alkyl halides is 1. The van der Waals surface area contributed by atoms with Gasteiger partial charge in [-0.05, 0) is 31.0 Å². The van der Waals surface area contributed by atoms with Crippen LogP contribution in [-0.2, 0) is 0 Å². The van der Waals surface area contributed by atoms with E-state index >= 15 is 0 Å². The number of hydrogen-bond donors (Lipinski definition) is 2. The normalized spacial score (nSPS) is 18.5. The van der Waals surface area contributed by atoms with Gasteiger partial charge >= 0.3 is 0 Å². The summed E-state index contributed by atoms with van der Waals surface area (Å²) in [6.45, 7) is 6.71. The summed E-state index contributed by atoms with van der Waals surface area (Å²) in [5.41, 5.74) is 2.61. The average Bonchev–Trinajstić information content (AvgIpc) is 2.42. The van der Waals surface area contributed by atoms with E-state index in [1.165, 1.54) is 0 Å². The van der Waals surface area contributed by atoms with Crippen molar-refractivity contribution in [3.05, 3.63) is 27.2 Å². The van der Waals surface area contributed by atoms with Crippen LogP contribution < -0.4 is 5.32 Å². The third-order valence-corrected chi connectivity index (χ3v) is 5.00. The highest BCUT2D eigenvalue weighted by molar-refractivity contribution is 9.10. The van der Waals surface area contributed by atoms with Gasteiger partial charge < -0.3 is 10.4 Å². The first-order valence-electron chi connectivity index (χ1n) is 6.55. The number of piperazine rings is 1. The number of hydrogen-bond acceptors (Lipinski definition) is 3. The Morgan fingerprint density at radius 3 is 2.63 bits per heavy atom. The molecule has 2 rings (SSSR count). The number of phenols is 1. The van der Waals surface area contributed by atoms with Gasteiger partial charge in [-0.3, -0.25) is 4.90 Å². The first kappa shape index (κ1) is 14.8. The van der Waals surface area contributed by atoms with Crippen molar-refractivity contribution in [2.75, 3.05) is 32.9 Å². The molecule has 19 heavy (non-hydrogen) atoms. The van der Waals surface area contributed by atoms with E-state index in [0.717, 1.165) is 41.8 Å². The van der Waals surface area contributed by atoms with E-state index < -0.39 is 6.67 Å². The van der Waals surface area contributed by atoms with Gasteiger partial charge in [-0.25, -0.2) is 4.39 Å². The molecule has 0 bridgehead atoms. The molecule has 0 aliphatic carbocycles. The van der Waals surface area contributed by atoms with Crippen molar-refractivity contribution < 1.29 is 9.50 Å². The molecular weight excluding hydrogens is 311 g/mol. The van der Waals surface area contributed by atoms with Crippen LogP contribution >= 0.6 is 15.9 Å². The molecule has 106 valence electrons. The summed E-state index contributed by atoms with van der Waals surface area (Å²) in [5, 5.41) is 13.5. The molecule has 0 spiro atoms. The van der Waals surface area contributed by atoms with E-state index in [2.05, 4.69) is 26.1 Å². The lowest BCUT2D eigenvalue weighted by molar-refractivity contribution is 0.144. The Balaban J connectivity index is 2.40. The van der Waals surface area contributed by atoms with E-state index in [9.17, 15) is 9.50 Å². The summed E-state index contributed by atoms with van der Waals surface area (Å²) in [4.78, 5) is 2.10. The Hall–Kier alpha value is -0.650. The van der Waals surface area contributed by atoms with Gasteiger partial charge in [-0.15, -0.1) is 0 Å². The monoisotopic (exact) mass is 330 g/mol. The van der Waals surface area contributed by atoms with E-state index in [0.29, 0.717) is 5.56 Å². The van der Waals surface area contributed by atoms with Crippen LogP contribution in [0.5, 0.6) is 5.75 Å². The van der Waals surface area contributed by atoms with Gasteiger partial charge in [-0.1, -0.05) is 15.9 Å². The van der Waals surface area contributed by atoms with Gasteiger partial charge in [0.05, 0.1) is 6.04 Å². The lowest BCUT2D eigenvalue weighted by atomic mass is 9.97. The highest BCUT2D eigenvalue weighted by Crippen LogP contribution is 2.37. The Labute approximate surface area is 121 Å². The maximum atomic E-state index is 13.5. The molecule has 1 saturated heterocycles. The molecule has 1 fully saturated rings. The number of halogens is 2. The van der Waals surface area contributed by atoms with Gasteiger partial charge in [0, 0.05) is 36.2 Å². The van der Waals surface area contributed by atoms with Crippen LogP contribution in [0.4, 0.5) is 4.39 Å². The van der Waals surface area contributed by atoms with Crippen LogP contribution in [0.15, 0.2) is 10.5 Å². The highest BCUT2D eigenvalue weighted by Gasteiger charge is 2.27. The second kappa shape index (κ2) is 6.20. The molecule has 0 saturated carbocycles. The molecule has 1 aromatic rings. The van der Waals surface area contributed by atoms with Gasteiger partial charge in [0.15, 0.2) is 0 Å². The van der Waals surface area contributed by atoms with Crippen molar-refractivity contribution in [2.45, 2.75) is 19.9 Å². The number of aromatic hydroxyl groups is 1. The van der Waals surface area contributed by atoms with Crippen molar-refractivity contribution in [2.24, 2.45) is 0 Å². The SMILES string of the molecule is Cc1cc(O)c([C@@H](CF)N2CCNCC2)c(C)c1Br. The fourth-order valence-corrected chi connectivity index (χ4v) is 3.05. The van der Waals surface area contributed by atoms with Crippen LogP contribution in [0.25, 0.3) is 0 Å². The molecule has 3 nitrogen and oxygen atoms in total. The van der Waals surface area contributed by atoms with Crippen molar-refractivity contribution in [1.82, 2.24) is 10.2 Å². The van der Waals surface area contributed by atoms with Gasteiger partial charge in [-0.2, -0.15) is 0 Å². The lowest BCUT2D eigenvalue weighted by Gasteiger charge is -2.35. The molecule has 0 unspecified atom stereocenters. The first-order chi connectivity index (χ1) is 9.06. The quantitative estimate of drug-likeness (QED) is 0.894. The minimum atomic E-state index is -0.482. The van der Waals surface area contributed by atoms with Crippen LogP contribution in [0, 0.1) is 13.8 Å². The lowest BCUT2D eigenvalue weighted by Crippen LogP contribution is -2.45. The Morgan fingerprint density at radius 1 is 1.42 bits per heavy atom. The highest BCUT2D eigenvalue weighted by atomic mass is 79.9. The summed E-state index contributed by atoms with van der Waals surface area (Å²) < 4.78 is 14.5. The van der Waals surface area contributed by atoms with E-state index in [-0.39, 0.29) is 11.8 Å². The van der Waals surface area contributed by atoms with Crippen molar-refractivity contribution in [3.8, 4) is 5.75 Å². The summed E-state index contributed by atoms with van der Waals surface area (Å²) in [5.74, 6) is 0.194. The molecule has 0 aromatic heterocycles. The third-order valence-electron chi connectivity index (χ3n) is 3.78. The zero-order chi connectivity index (χ0) is 14.0. The van der Waals surface area contributed by atoms with Crippen LogP contribution in [0.2, 0.25) is 0 Å². The predicted octanol–water partition coefficient (Wildman–Crippen LogP) is 2.69. The molecule has 1 aliphatic rings. The Kier molecular flexibility index (Phi) is 4.81. The van der Waals surface area contributed by atoms with Crippen molar-refractivity contribution in [1.29, 1.82) is 0 Å². The fraction of sp³-hybridized carbons (Fsp3) is 0.571. The fourth-order valence-electron chi connectivity index (χ4n) is 2.72. The smallest absolute Gasteiger partial charge is 0.121 e. The standard InChI is InChI=1S/C14H20BrFN2O/c1-9-7-12(19)13(10(2)14(9)15)11(8-16)18-5-3-17-4-6-18/h7,11,17,19H,3-6,8H2,1-2H3/t11-/m1/s1. The Morgan fingerprint density at radius 2 is 2.05 bits per heavy atom. The summed E-state index contributed by atoms with van der Waals surface area (Å²) in [6, 6.07) is 1.34. The summed E-state index contributed by atoms with van der Waals surface area (Å²) >= 11 is 3.52.